The molecule has 0 saturated heterocycles. The molecule has 1 N–H and O–H groups in total. The van der Waals surface area contributed by atoms with Gasteiger partial charge in [-0.3, -0.25) is 4.72 Å². The number of fused-ring (bicyclic) bond motifs is 2. The summed E-state index contributed by atoms with van der Waals surface area (Å²) in [5.74, 6) is 2.75. The van der Waals surface area contributed by atoms with Crippen molar-refractivity contribution in [2.45, 2.75) is 51.5 Å². The van der Waals surface area contributed by atoms with E-state index in [0.29, 0.717) is 5.54 Å². The Kier molecular flexibility index (Phi) is 2.63. The third kappa shape index (κ3) is 1.89. The van der Waals surface area contributed by atoms with Gasteiger partial charge in [0.25, 0.3) is 0 Å². The summed E-state index contributed by atoms with van der Waals surface area (Å²) in [5.41, 5.74) is 0.378. The van der Waals surface area contributed by atoms with Crippen molar-refractivity contribution in [2.24, 2.45) is 17.8 Å². The third-order valence-electron chi connectivity index (χ3n) is 3.87. The minimum atomic E-state index is 0.378. The molecule has 2 heteroatoms. The summed E-state index contributed by atoms with van der Waals surface area (Å²) in [4.78, 5) is 0. The van der Waals surface area contributed by atoms with Crippen molar-refractivity contribution in [3.05, 3.63) is 0 Å². The third-order valence-corrected chi connectivity index (χ3v) is 4.34. The van der Waals surface area contributed by atoms with Crippen LogP contribution in [0.15, 0.2) is 0 Å². The van der Waals surface area contributed by atoms with Crippen molar-refractivity contribution < 1.29 is 0 Å². The van der Waals surface area contributed by atoms with E-state index in [9.17, 15) is 0 Å². The lowest BCUT2D eigenvalue weighted by atomic mass is 9.61. The summed E-state index contributed by atoms with van der Waals surface area (Å²) in [5, 5.41) is 0. The van der Waals surface area contributed by atoms with Crippen molar-refractivity contribution in [2.75, 3.05) is 0 Å². The van der Waals surface area contributed by atoms with Crippen LogP contribution in [0.5, 0.6) is 0 Å². The van der Waals surface area contributed by atoms with E-state index in [0.717, 1.165) is 17.8 Å². The Bertz CT molecular complexity index is 173. The van der Waals surface area contributed by atoms with Crippen molar-refractivity contribution >= 4 is 12.8 Å². The molecule has 2 bridgehead atoms. The molecule has 2 unspecified atom stereocenters. The van der Waals surface area contributed by atoms with Gasteiger partial charge in [-0.2, -0.15) is 0 Å². The van der Waals surface area contributed by atoms with Gasteiger partial charge in [0.2, 0.25) is 0 Å². The second-order valence-electron chi connectivity index (χ2n) is 5.55. The Labute approximate surface area is 87.2 Å². The first kappa shape index (κ1) is 9.85. The lowest BCUT2D eigenvalue weighted by Crippen LogP contribution is -2.51. The maximum atomic E-state index is 4.34. The van der Waals surface area contributed by atoms with Crippen molar-refractivity contribution in [3.8, 4) is 0 Å². The maximum absolute atomic E-state index is 4.34. The highest BCUT2D eigenvalue weighted by molar-refractivity contribution is 7.78. The van der Waals surface area contributed by atoms with Crippen LogP contribution in [0.1, 0.15) is 46.0 Å². The molecule has 1 nitrogen and oxygen atoms in total. The van der Waals surface area contributed by atoms with Gasteiger partial charge in [-0.15, -0.1) is 0 Å². The summed E-state index contributed by atoms with van der Waals surface area (Å²) < 4.78 is 3.30. The Balaban J connectivity index is 2.13. The molecule has 2 fully saturated rings. The lowest BCUT2D eigenvalue weighted by molar-refractivity contribution is 0.0744. The van der Waals surface area contributed by atoms with Crippen molar-refractivity contribution in [3.63, 3.8) is 0 Å². The fourth-order valence-electron chi connectivity index (χ4n) is 3.84. The number of thiol groups is 1. The van der Waals surface area contributed by atoms with Gasteiger partial charge in [0.05, 0.1) is 0 Å². The van der Waals surface area contributed by atoms with Crippen LogP contribution < -0.4 is 4.72 Å². The Morgan fingerprint density at radius 1 is 1.08 bits per heavy atom. The minimum absolute atomic E-state index is 0.378. The van der Waals surface area contributed by atoms with E-state index in [1.54, 1.807) is 0 Å². The molecular formula is C11H21NS. The van der Waals surface area contributed by atoms with Gasteiger partial charge in [0.15, 0.2) is 0 Å². The SMILES string of the molecule is CC1CC2CC(C)CC(NS)(C1)C2. The Morgan fingerprint density at radius 2 is 1.62 bits per heavy atom. The Hall–Kier alpha value is 0.310. The van der Waals surface area contributed by atoms with Gasteiger partial charge < -0.3 is 0 Å². The molecule has 0 heterocycles. The standard InChI is InChI=1S/C11H21NS/c1-8-3-10-4-9(2)6-11(5-8,7-10)12-13/h8-10,12-13H,3-7H2,1-2H3. The van der Waals surface area contributed by atoms with Crippen LogP contribution in [0.25, 0.3) is 0 Å². The molecule has 2 aliphatic carbocycles. The molecule has 0 aromatic rings. The number of hydrogen-bond donors (Lipinski definition) is 2. The molecule has 2 aliphatic rings. The zero-order chi connectivity index (χ0) is 9.47. The van der Waals surface area contributed by atoms with Gasteiger partial charge >= 0.3 is 0 Å². The highest BCUT2D eigenvalue weighted by Gasteiger charge is 2.43. The summed E-state index contributed by atoms with van der Waals surface area (Å²) >= 11 is 4.34. The molecule has 0 radical (unpaired) electrons. The normalized spacial score (nSPS) is 50.5. The van der Waals surface area contributed by atoms with E-state index in [2.05, 4.69) is 31.4 Å². The molecule has 0 aromatic heterocycles. The fraction of sp³-hybridized carbons (Fsp3) is 1.00. The largest absolute Gasteiger partial charge is 0.261 e. The average Bonchev–Trinajstić information content (AvgIpc) is 2.01. The first-order valence-electron chi connectivity index (χ1n) is 5.55. The number of hydrogen-bond acceptors (Lipinski definition) is 2. The monoisotopic (exact) mass is 199 g/mol. The van der Waals surface area contributed by atoms with Crippen LogP contribution >= 0.6 is 12.8 Å². The highest BCUT2D eigenvalue weighted by Crippen LogP contribution is 2.47. The van der Waals surface area contributed by atoms with E-state index in [4.69, 9.17) is 0 Å². The van der Waals surface area contributed by atoms with Crippen LogP contribution in [0, 0.1) is 17.8 Å². The second-order valence-corrected chi connectivity index (χ2v) is 5.78. The molecule has 13 heavy (non-hydrogen) atoms. The van der Waals surface area contributed by atoms with Crippen LogP contribution in [0.4, 0.5) is 0 Å². The molecule has 76 valence electrons. The van der Waals surface area contributed by atoms with E-state index in [1.165, 1.54) is 32.1 Å². The minimum Gasteiger partial charge on any atom is -0.261 e. The maximum Gasteiger partial charge on any atom is 0.0288 e. The first-order chi connectivity index (χ1) is 6.13. The van der Waals surface area contributed by atoms with E-state index in [1.807, 2.05) is 0 Å². The summed E-state index contributed by atoms with van der Waals surface area (Å²) in [7, 11) is 0. The molecule has 0 aromatic carbocycles. The molecule has 0 spiro atoms. The van der Waals surface area contributed by atoms with Gasteiger partial charge in [0.1, 0.15) is 0 Å². The van der Waals surface area contributed by atoms with Crippen LogP contribution in [0.3, 0.4) is 0 Å². The predicted octanol–water partition coefficient (Wildman–Crippen LogP) is 3.03. The van der Waals surface area contributed by atoms with Crippen LogP contribution in [-0.4, -0.2) is 5.54 Å². The van der Waals surface area contributed by atoms with Gasteiger partial charge in [0, 0.05) is 5.54 Å². The molecular weight excluding hydrogens is 178 g/mol. The summed E-state index contributed by atoms with van der Waals surface area (Å²) in [6.07, 6.45) is 6.92. The highest BCUT2D eigenvalue weighted by atomic mass is 32.1. The van der Waals surface area contributed by atoms with E-state index < -0.39 is 0 Å². The average molecular weight is 199 g/mol. The number of nitrogens with one attached hydrogen (secondary N) is 1. The van der Waals surface area contributed by atoms with Crippen LogP contribution in [0.2, 0.25) is 0 Å². The molecule has 0 aliphatic heterocycles. The first-order valence-corrected chi connectivity index (χ1v) is 5.99. The number of rotatable bonds is 1. The van der Waals surface area contributed by atoms with Crippen molar-refractivity contribution in [1.29, 1.82) is 0 Å². The topological polar surface area (TPSA) is 12.0 Å². The fourth-order valence-corrected chi connectivity index (χ4v) is 4.12. The predicted molar refractivity (Wildman–Crippen MR) is 59.8 cm³/mol. The van der Waals surface area contributed by atoms with Gasteiger partial charge in [-0.1, -0.05) is 26.7 Å². The van der Waals surface area contributed by atoms with Crippen LogP contribution in [-0.2, 0) is 0 Å². The lowest BCUT2D eigenvalue weighted by Gasteiger charge is -2.49. The van der Waals surface area contributed by atoms with E-state index >= 15 is 0 Å². The summed E-state index contributed by atoms with van der Waals surface area (Å²) in [6.45, 7) is 4.78. The van der Waals surface area contributed by atoms with Gasteiger partial charge in [-0.25, -0.2) is 0 Å². The molecule has 2 atom stereocenters. The van der Waals surface area contributed by atoms with E-state index in [-0.39, 0.29) is 0 Å². The molecule has 2 rings (SSSR count). The van der Waals surface area contributed by atoms with Crippen molar-refractivity contribution in [1.82, 2.24) is 4.72 Å². The quantitative estimate of drug-likeness (QED) is 0.619. The summed E-state index contributed by atoms with van der Waals surface area (Å²) in [6, 6.07) is 0. The smallest absolute Gasteiger partial charge is 0.0288 e. The second kappa shape index (κ2) is 3.47. The molecule has 0 amide bonds. The molecule has 2 saturated carbocycles. The Morgan fingerprint density at radius 3 is 2.08 bits per heavy atom. The zero-order valence-electron chi connectivity index (χ0n) is 8.71. The zero-order valence-corrected chi connectivity index (χ0v) is 9.61. The van der Waals surface area contributed by atoms with Gasteiger partial charge in [-0.05, 0) is 49.9 Å².